The first-order chi connectivity index (χ1) is 11.9. The fourth-order valence-corrected chi connectivity index (χ4v) is 2.99. The molecule has 0 fully saturated rings. The van der Waals surface area contributed by atoms with Crippen molar-refractivity contribution in [2.45, 2.75) is 26.8 Å². The van der Waals surface area contributed by atoms with Crippen molar-refractivity contribution in [2.75, 3.05) is 20.3 Å². The Balaban J connectivity index is 2.10. The number of para-hydroxylation sites is 1. The van der Waals surface area contributed by atoms with Gasteiger partial charge in [0.2, 0.25) is 5.78 Å². The van der Waals surface area contributed by atoms with Gasteiger partial charge >= 0.3 is 5.97 Å². The first-order valence-corrected chi connectivity index (χ1v) is 8.02. The number of ketones is 1. The smallest absolute Gasteiger partial charge is 0.342 e. The normalized spacial score (nSPS) is 12.0. The predicted molar refractivity (Wildman–Crippen MR) is 93.2 cm³/mol. The summed E-state index contributed by atoms with van der Waals surface area (Å²) in [5.41, 5.74) is 2.31. The molecule has 0 spiro atoms. The number of phenols is 1. The van der Waals surface area contributed by atoms with Gasteiger partial charge < -0.3 is 19.1 Å². The topological polar surface area (TPSA) is 77.8 Å². The number of Topliss-reactive ketones (excluding diaryl/α,β-unsaturated/α-hetero) is 1. The maximum Gasteiger partial charge on any atom is 0.342 e. The third-order valence-electron chi connectivity index (χ3n) is 4.09. The summed E-state index contributed by atoms with van der Waals surface area (Å²) in [5, 5.41) is 9.66. The lowest BCUT2D eigenvalue weighted by Crippen LogP contribution is -2.17. The van der Waals surface area contributed by atoms with Crippen molar-refractivity contribution in [1.29, 1.82) is 0 Å². The molecule has 0 amide bonds. The van der Waals surface area contributed by atoms with Crippen LogP contribution >= 0.6 is 0 Å². The van der Waals surface area contributed by atoms with Crippen LogP contribution in [0.4, 0.5) is 0 Å². The Morgan fingerprint density at radius 3 is 2.52 bits per heavy atom. The van der Waals surface area contributed by atoms with E-state index in [4.69, 9.17) is 9.47 Å². The second-order valence-electron chi connectivity index (χ2n) is 5.98. The number of hydrogen-bond acceptors (Lipinski definition) is 5. The summed E-state index contributed by atoms with van der Waals surface area (Å²) in [4.78, 5) is 24.4. The summed E-state index contributed by atoms with van der Waals surface area (Å²) in [6.45, 7) is 5.94. The molecular weight excluding hydrogens is 322 g/mol. The number of rotatable bonds is 7. The van der Waals surface area contributed by atoms with Crippen LogP contribution in [0, 0.1) is 13.8 Å². The van der Waals surface area contributed by atoms with Gasteiger partial charge in [-0.25, -0.2) is 4.79 Å². The third kappa shape index (κ3) is 4.09. The molecular formula is C19H23NO5. The van der Waals surface area contributed by atoms with Crippen molar-refractivity contribution in [3.8, 4) is 5.75 Å². The third-order valence-corrected chi connectivity index (χ3v) is 4.09. The van der Waals surface area contributed by atoms with Crippen LogP contribution in [0.1, 0.15) is 45.1 Å². The van der Waals surface area contributed by atoms with Gasteiger partial charge in [0.25, 0.3) is 0 Å². The van der Waals surface area contributed by atoms with E-state index in [0.29, 0.717) is 12.2 Å². The molecule has 2 aromatic rings. The van der Waals surface area contributed by atoms with E-state index < -0.39 is 5.97 Å². The summed E-state index contributed by atoms with van der Waals surface area (Å²) < 4.78 is 12.3. The minimum Gasteiger partial charge on any atom is -0.507 e. The zero-order valence-electron chi connectivity index (χ0n) is 14.9. The van der Waals surface area contributed by atoms with Gasteiger partial charge in [-0.15, -0.1) is 0 Å². The van der Waals surface area contributed by atoms with Gasteiger partial charge in [0, 0.05) is 24.1 Å². The SMILES string of the molecule is COC[C@H](C)n1c(C)cc(C(=O)COC(=O)c2ccccc2O)c1C. The van der Waals surface area contributed by atoms with Crippen molar-refractivity contribution in [1.82, 2.24) is 4.57 Å². The Hall–Kier alpha value is -2.60. The molecule has 0 unspecified atom stereocenters. The van der Waals surface area contributed by atoms with Gasteiger partial charge in [-0.05, 0) is 39.0 Å². The Morgan fingerprint density at radius 2 is 1.88 bits per heavy atom. The molecule has 1 N–H and O–H groups in total. The lowest BCUT2D eigenvalue weighted by atomic mass is 10.1. The number of hydrogen-bond donors (Lipinski definition) is 1. The van der Waals surface area contributed by atoms with E-state index in [1.807, 2.05) is 25.3 Å². The minimum atomic E-state index is -0.729. The van der Waals surface area contributed by atoms with Crippen molar-refractivity contribution < 1.29 is 24.2 Å². The first kappa shape index (κ1) is 18.7. The minimum absolute atomic E-state index is 0.0366. The molecule has 25 heavy (non-hydrogen) atoms. The molecule has 0 aliphatic heterocycles. The summed E-state index contributed by atoms with van der Waals surface area (Å²) in [6, 6.07) is 7.94. The number of esters is 1. The van der Waals surface area contributed by atoms with E-state index in [1.165, 1.54) is 12.1 Å². The van der Waals surface area contributed by atoms with E-state index >= 15 is 0 Å². The molecule has 2 rings (SSSR count). The monoisotopic (exact) mass is 345 g/mol. The number of aromatic nitrogens is 1. The van der Waals surface area contributed by atoms with Crippen molar-refractivity contribution in [3.05, 3.63) is 52.8 Å². The van der Waals surface area contributed by atoms with E-state index in [2.05, 4.69) is 0 Å². The number of aromatic hydroxyl groups is 1. The number of nitrogens with zero attached hydrogens (tertiary/aromatic N) is 1. The van der Waals surface area contributed by atoms with E-state index in [-0.39, 0.29) is 29.7 Å². The van der Waals surface area contributed by atoms with Crippen LogP contribution in [-0.4, -0.2) is 41.7 Å². The Bertz CT molecular complexity index is 778. The molecule has 6 nitrogen and oxygen atoms in total. The molecule has 0 bridgehead atoms. The number of ether oxygens (including phenoxy) is 2. The van der Waals surface area contributed by atoms with E-state index in [1.54, 1.807) is 25.3 Å². The summed E-state index contributed by atoms with van der Waals surface area (Å²) in [6.07, 6.45) is 0. The van der Waals surface area contributed by atoms with Crippen LogP contribution in [0.25, 0.3) is 0 Å². The fraction of sp³-hybridized carbons (Fsp3) is 0.368. The Labute approximate surface area is 147 Å². The van der Waals surface area contributed by atoms with Crippen LogP contribution in [0.3, 0.4) is 0 Å². The summed E-state index contributed by atoms with van der Waals surface area (Å²) >= 11 is 0. The molecule has 0 aliphatic carbocycles. The molecule has 134 valence electrons. The maximum atomic E-state index is 12.4. The van der Waals surface area contributed by atoms with Gasteiger partial charge in [0.1, 0.15) is 11.3 Å². The number of carbonyl (C=O) groups is 2. The molecule has 0 radical (unpaired) electrons. The number of benzene rings is 1. The molecule has 1 heterocycles. The summed E-state index contributed by atoms with van der Waals surface area (Å²) in [5.74, 6) is -1.19. The molecule has 1 aromatic heterocycles. The van der Waals surface area contributed by atoms with Gasteiger partial charge in [0.15, 0.2) is 6.61 Å². The standard InChI is InChI=1S/C19H23NO5/c1-12-9-16(14(3)20(12)13(2)10-24-4)18(22)11-25-19(23)15-7-5-6-8-17(15)21/h5-9,13,21H,10-11H2,1-4H3/t13-/m0/s1. The number of methoxy groups -OCH3 is 1. The van der Waals surface area contributed by atoms with E-state index in [9.17, 15) is 14.7 Å². The zero-order chi connectivity index (χ0) is 18.6. The zero-order valence-corrected chi connectivity index (χ0v) is 14.9. The molecule has 1 atom stereocenters. The lowest BCUT2D eigenvalue weighted by molar-refractivity contribution is 0.0471. The second-order valence-corrected chi connectivity index (χ2v) is 5.98. The molecule has 0 aliphatic rings. The van der Waals surface area contributed by atoms with E-state index in [0.717, 1.165) is 11.4 Å². The highest BCUT2D eigenvalue weighted by Crippen LogP contribution is 2.22. The Kier molecular flexibility index (Phi) is 5.98. The molecule has 0 saturated carbocycles. The average molecular weight is 345 g/mol. The maximum absolute atomic E-state index is 12.4. The number of carbonyl (C=O) groups excluding carboxylic acids is 2. The lowest BCUT2D eigenvalue weighted by Gasteiger charge is -2.17. The quantitative estimate of drug-likeness (QED) is 0.616. The van der Waals surface area contributed by atoms with Gasteiger partial charge in [0.05, 0.1) is 12.6 Å². The van der Waals surface area contributed by atoms with Crippen molar-refractivity contribution in [2.24, 2.45) is 0 Å². The van der Waals surface area contributed by atoms with Crippen LogP contribution < -0.4 is 0 Å². The van der Waals surface area contributed by atoms with Gasteiger partial charge in [-0.3, -0.25) is 4.79 Å². The average Bonchev–Trinajstić information content (AvgIpc) is 2.87. The summed E-state index contributed by atoms with van der Waals surface area (Å²) in [7, 11) is 1.63. The highest BCUT2D eigenvalue weighted by Gasteiger charge is 2.20. The molecule has 1 aromatic carbocycles. The highest BCUT2D eigenvalue weighted by molar-refractivity contribution is 6.00. The highest BCUT2D eigenvalue weighted by atomic mass is 16.5. The number of phenolic OH excluding ortho intramolecular Hbond substituents is 1. The van der Waals surface area contributed by atoms with Crippen molar-refractivity contribution >= 4 is 11.8 Å². The first-order valence-electron chi connectivity index (χ1n) is 8.02. The fourth-order valence-electron chi connectivity index (χ4n) is 2.99. The van der Waals surface area contributed by atoms with Gasteiger partial charge in [-0.2, -0.15) is 0 Å². The second kappa shape index (κ2) is 7.98. The predicted octanol–water partition coefficient (Wildman–Crippen LogP) is 3.06. The van der Waals surface area contributed by atoms with Crippen LogP contribution in [0.5, 0.6) is 5.75 Å². The molecule has 0 saturated heterocycles. The van der Waals surface area contributed by atoms with Crippen LogP contribution in [-0.2, 0) is 9.47 Å². The number of aryl methyl sites for hydroxylation is 1. The van der Waals surface area contributed by atoms with Gasteiger partial charge in [-0.1, -0.05) is 12.1 Å². The van der Waals surface area contributed by atoms with Crippen LogP contribution in [0.2, 0.25) is 0 Å². The Morgan fingerprint density at radius 1 is 1.20 bits per heavy atom. The van der Waals surface area contributed by atoms with Crippen molar-refractivity contribution in [3.63, 3.8) is 0 Å². The molecule has 6 heteroatoms. The largest absolute Gasteiger partial charge is 0.507 e. The van der Waals surface area contributed by atoms with Crippen LogP contribution in [0.15, 0.2) is 30.3 Å².